The molecule has 2 atom stereocenters. The van der Waals surface area contributed by atoms with Crippen LogP contribution >= 0.6 is 0 Å². The van der Waals surface area contributed by atoms with Crippen molar-refractivity contribution >= 4 is 0 Å². The summed E-state index contributed by atoms with van der Waals surface area (Å²) >= 11 is 0. The normalized spacial score (nSPS) is 31.5. The lowest BCUT2D eigenvalue weighted by atomic mass is 9.84. The lowest BCUT2D eigenvalue weighted by molar-refractivity contribution is 0.0139. The Kier molecular flexibility index (Phi) is 4.26. The molecule has 0 spiro atoms. The van der Waals surface area contributed by atoms with Gasteiger partial charge in [-0.15, -0.1) is 0 Å². The quantitative estimate of drug-likeness (QED) is 0.771. The van der Waals surface area contributed by atoms with E-state index in [2.05, 4.69) is 5.32 Å². The third-order valence-electron chi connectivity index (χ3n) is 4.30. The second kappa shape index (κ2) is 5.50. The fraction of sp³-hybridized carbons (Fsp3) is 1.00. The van der Waals surface area contributed by atoms with Gasteiger partial charge in [0, 0.05) is 6.04 Å². The summed E-state index contributed by atoms with van der Waals surface area (Å²) in [4.78, 5) is 0. The maximum atomic E-state index is 10.5. The van der Waals surface area contributed by atoms with Crippen molar-refractivity contribution in [3.8, 4) is 0 Å². The number of aliphatic hydroxyl groups is 1. The van der Waals surface area contributed by atoms with Crippen LogP contribution in [0.4, 0.5) is 0 Å². The average Bonchev–Trinajstić information content (AvgIpc) is 2.70. The predicted octanol–water partition coefficient (Wildman–Crippen LogP) is 2.85. The smallest absolute Gasteiger partial charge is 0.0637 e. The summed E-state index contributed by atoms with van der Waals surface area (Å²) in [6.07, 6.45) is 11.3. The third kappa shape index (κ3) is 3.74. The highest BCUT2D eigenvalue weighted by atomic mass is 16.3. The van der Waals surface area contributed by atoms with Gasteiger partial charge in [0.15, 0.2) is 0 Å². The number of piperidine rings is 1. The maximum Gasteiger partial charge on any atom is 0.0637 e. The van der Waals surface area contributed by atoms with Crippen molar-refractivity contribution in [1.29, 1.82) is 0 Å². The van der Waals surface area contributed by atoms with Gasteiger partial charge in [-0.1, -0.05) is 32.1 Å². The summed E-state index contributed by atoms with van der Waals surface area (Å²) in [5, 5.41) is 14.0. The molecule has 1 saturated carbocycles. The third-order valence-corrected chi connectivity index (χ3v) is 4.30. The number of rotatable bonds is 4. The molecule has 2 unspecified atom stereocenters. The van der Waals surface area contributed by atoms with Gasteiger partial charge in [0.05, 0.1) is 5.60 Å². The molecular weight excluding hydrogens is 198 g/mol. The van der Waals surface area contributed by atoms with E-state index in [1.807, 2.05) is 6.92 Å². The van der Waals surface area contributed by atoms with Crippen LogP contribution in [0.1, 0.15) is 64.7 Å². The van der Waals surface area contributed by atoms with E-state index in [0.29, 0.717) is 6.04 Å². The predicted molar refractivity (Wildman–Crippen MR) is 67.5 cm³/mol. The Morgan fingerprint density at radius 2 is 1.75 bits per heavy atom. The van der Waals surface area contributed by atoms with Crippen molar-refractivity contribution in [1.82, 2.24) is 5.32 Å². The van der Waals surface area contributed by atoms with Gasteiger partial charge in [-0.05, 0) is 45.1 Å². The minimum Gasteiger partial charge on any atom is -0.390 e. The monoisotopic (exact) mass is 225 g/mol. The zero-order valence-electron chi connectivity index (χ0n) is 10.7. The van der Waals surface area contributed by atoms with E-state index in [1.54, 1.807) is 0 Å². The molecule has 94 valence electrons. The molecule has 16 heavy (non-hydrogen) atoms. The van der Waals surface area contributed by atoms with Crippen LogP contribution in [0.3, 0.4) is 0 Å². The molecule has 1 aliphatic carbocycles. The van der Waals surface area contributed by atoms with Crippen LogP contribution in [0, 0.1) is 5.92 Å². The fourth-order valence-corrected chi connectivity index (χ4v) is 3.55. The molecule has 0 aromatic rings. The van der Waals surface area contributed by atoms with Crippen molar-refractivity contribution in [3.05, 3.63) is 0 Å². The van der Waals surface area contributed by atoms with Crippen LogP contribution in [-0.4, -0.2) is 23.3 Å². The number of hydrogen-bond acceptors (Lipinski definition) is 2. The van der Waals surface area contributed by atoms with E-state index in [0.717, 1.165) is 25.3 Å². The van der Waals surface area contributed by atoms with E-state index in [-0.39, 0.29) is 0 Å². The minimum absolute atomic E-state index is 0.440. The Morgan fingerprint density at radius 1 is 1.06 bits per heavy atom. The Morgan fingerprint density at radius 3 is 2.38 bits per heavy atom. The number of hydrogen-bond donors (Lipinski definition) is 2. The lowest BCUT2D eigenvalue weighted by Crippen LogP contribution is -2.41. The van der Waals surface area contributed by atoms with E-state index in [1.165, 1.54) is 44.9 Å². The second-order valence-electron chi connectivity index (χ2n) is 6.20. The van der Waals surface area contributed by atoms with Crippen LogP contribution in [0.25, 0.3) is 0 Å². The van der Waals surface area contributed by atoms with Crippen LogP contribution in [0.5, 0.6) is 0 Å². The van der Waals surface area contributed by atoms with Gasteiger partial charge in [0.1, 0.15) is 0 Å². The average molecular weight is 225 g/mol. The lowest BCUT2D eigenvalue weighted by Gasteiger charge is -2.33. The zero-order chi connectivity index (χ0) is 11.4. The molecule has 2 heteroatoms. The first-order valence-electron chi connectivity index (χ1n) is 7.11. The molecule has 1 saturated heterocycles. The summed E-state index contributed by atoms with van der Waals surface area (Å²) in [7, 11) is 0. The summed E-state index contributed by atoms with van der Waals surface area (Å²) < 4.78 is 0. The molecule has 2 aliphatic rings. The van der Waals surface area contributed by atoms with Crippen LogP contribution in [0.15, 0.2) is 0 Å². The van der Waals surface area contributed by atoms with Gasteiger partial charge >= 0.3 is 0 Å². The highest BCUT2D eigenvalue weighted by Crippen LogP contribution is 2.34. The second-order valence-corrected chi connectivity index (χ2v) is 6.20. The summed E-state index contributed by atoms with van der Waals surface area (Å²) in [5.41, 5.74) is -0.440. The molecule has 1 aliphatic heterocycles. The topological polar surface area (TPSA) is 32.3 Å². The van der Waals surface area contributed by atoms with Crippen LogP contribution in [0.2, 0.25) is 0 Å². The first-order chi connectivity index (χ1) is 7.66. The highest BCUT2D eigenvalue weighted by molar-refractivity contribution is 4.85. The Bertz CT molecular complexity index is 203. The fourth-order valence-electron chi connectivity index (χ4n) is 3.55. The first kappa shape index (κ1) is 12.4. The summed E-state index contributed by atoms with van der Waals surface area (Å²) in [6, 6.07) is 0.560. The molecule has 0 bridgehead atoms. The largest absolute Gasteiger partial charge is 0.390 e. The Balaban J connectivity index is 1.76. The van der Waals surface area contributed by atoms with Gasteiger partial charge in [0.2, 0.25) is 0 Å². The standard InChI is InChI=1S/C14H27NO/c1-14(16,10-12-6-2-3-7-12)11-13-8-4-5-9-15-13/h12-13,15-16H,2-11H2,1H3. The molecule has 0 amide bonds. The summed E-state index contributed by atoms with van der Waals surface area (Å²) in [6.45, 7) is 3.19. The maximum absolute atomic E-state index is 10.5. The van der Waals surface area contributed by atoms with E-state index < -0.39 is 5.60 Å². The molecule has 0 aromatic heterocycles. The molecule has 2 N–H and O–H groups in total. The van der Waals surface area contributed by atoms with Gasteiger partial charge in [0.25, 0.3) is 0 Å². The minimum atomic E-state index is -0.440. The van der Waals surface area contributed by atoms with Crippen LogP contribution in [-0.2, 0) is 0 Å². The van der Waals surface area contributed by atoms with Gasteiger partial charge in [-0.25, -0.2) is 0 Å². The van der Waals surface area contributed by atoms with Crippen molar-refractivity contribution < 1.29 is 5.11 Å². The molecule has 1 heterocycles. The van der Waals surface area contributed by atoms with Gasteiger partial charge < -0.3 is 10.4 Å². The highest BCUT2D eigenvalue weighted by Gasteiger charge is 2.30. The molecule has 0 aromatic carbocycles. The summed E-state index contributed by atoms with van der Waals surface area (Å²) in [5.74, 6) is 0.790. The molecule has 2 rings (SSSR count). The Labute approximate surface area is 99.8 Å². The zero-order valence-corrected chi connectivity index (χ0v) is 10.7. The van der Waals surface area contributed by atoms with Crippen molar-refractivity contribution in [2.24, 2.45) is 5.92 Å². The van der Waals surface area contributed by atoms with Gasteiger partial charge in [-0.2, -0.15) is 0 Å². The van der Waals surface area contributed by atoms with Crippen LogP contribution < -0.4 is 5.32 Å². The van der Waals surface area contributed by atoms with E-state index >= 15 is 0 Å². The molecule has 0 radical (unpaired) electrons. The number of nitrogens with one attached hydrogen (secondary N) is 1. The van der Waals surface area contributed by atoms with Crippen molar-refractivity contribution in [3.63, 3.8) is 0 Å². The van der Waals surface area contributed by atoms with E-state index in [9.17, 15) is 5.11 Å². The van der Waals surface area contributed by atoms with E-state index in [4.69, 9.17) is 0 Å². The molecule has 2 fully saturated rings. The SMILES string of the molecule is CC(O)(CC1CCCC1)CC1CCCCN1. The first-order valence-corrected chi connectivity index (χ1v) is 7.11. The van der Waals surface area contributed by atoms with Gasteiger partial charge in [-0.3, -0.25) is 0 Å². The molecule has 2 nitrogen and oxygen atoms in total. The van der Waals surface area contributed by atoms with Crippen molar-refractivity contribution in [2.75, 3.05) is 6.54 Å². The van der Waals surface area contributed by atoms with Crippen molar-refractivity contribution in [2.45, 2.75) is 76.4 Å². The molecular formula is C14H27NO. The Hall–Kier alpha value is -0.0800.